The summed E-state index contributed by atoms with van der Waals surface area (Å²) in [5, 5.41) is 12.0. The van der Waals surface area contributed by atoms with E-state index in [9.17, 15) is 9.59 Å². The predicted octanol–water partition coefficient (Wildman–Crippen LogP) is 3.03. The molecule has 0 unspecified atom stereocenters. The number of fused-ring (bicyclic) bond motifs is 1. The Hall–Kier alpha value is -2.27. The van der Waals surface area contributed by atoms with Gasteiger partial charge in [-0.05, 0) is 29.8 Å². The van der Waals surface area contributed by atoms with Gasteiger partial charge in [-0.2, -0.15) is 0 Å². The largest absolute Gasteiger partial charge is 0.478 e. The molecule has 4 nitrogen and oxygen atoms in total. The van der Waals surface area contributed by atoms with Crippen molar-refractivity contribution in [2.75, 3.05) is 5.32 Å². The molecule has 100 valence electrons. The first-order valence-electron chi connectivity index (χ1n) is 6.06. The van der Waals surface area contributed by atoms with E-state index in [0.29, 0.717) is 11.3 Å². The highest BCUT2D eigenvalue weighted by Crippen LogP contribution is 2.34. The quantitative estimate of drug-likeness (QED) is 0.909. The number of aromatic carboxylic acids is 1. The second-order valence-corrected chi connectivity index (χ2v) is 5.56. The van der Waals surface area contributed by atoms with Crippen molar-refractivity contribution < 1.29 is 14.7 Å². The van der Waals surface area contributed by atoms with Crippen molar-refractivity contribution in [3.8, 4) is 0 Å². The molecule has 1 heterocycles. The summed E-state index contributed by atoms with van der Waals surface area (Å²) in [6.45, 7) is 0. The molecule has 2 N–H and O–H groups in total. The van der Waals surface area contributed by atoms with Gasteiger partial charge in [-0.15, -0.1) is 0 Å². The molecule has 3 rings (SSSR count). The number of hydrogen-bond donors (Lipinski definition) is 2. The Bertz CT molecular complexity index is 712. The summed E-state index contributed by atoms with van der Waals surface area (Å²) in [5.41, 5.74) is 2.07. The van der Waals surface area contributed by atoms with E-state index in [1.807, 2.05) is 24.3 Å². The third-order valence-electron chi connectivity index (χ3n) is 3.05. The molecule has 1 amide bonds. The average Bonchev–Trinajstić information content (AvgIpc) is 2.78. The first-order chi connectivity index (χ1) is 9.63. The van der Waals surface area contributed by atoms with Crippen molar-refractivity contribution in [3.63, 3.8) is 0 Å². The fourth-order valence-corrected chi connectivity index (χ4v) is 3.09. The monoisotopic (exact) mass is 285 g/mol. The van der Waals surface area contributed by atoms with Crippen LogP contribution in [-0.4, -0.2) is 17.0 Å². The maximum Gasteiger partial charge on any atom is 0.336 e. The van der Waals surface area contributed by atoms with Crippen LogP contribution in [0.3, 0.4) is 0 Å². The molecule has 0 bridgehead atoms. The van der Waals surface area contributed by atoms with Crippen molar-refractivity contribution in [1.29, 1.82) is 0 Å². The Balaban J connectivity index is 1.91. The van der Waals surface area contributed by atoms with Gasteiger partial charge in [0, 0.05) is 15.5 Å². The van der Waals surface area contributed by atoms with E-state index in [0.717, 1.165) is 16.1 Å². The van der Waals surface area contributed by atoms with Crippen molar-refractivity contribution in [2.45, 2.75) is 16.2 Å². The summed E-state index contributed by atoms with van der Waals surface area (Å²) >= 11 is 1.38. The first-order valence-corrected chi connectivity index (χ1v) is 6.88. The molecule has 20 heavy (non-hydrogen) atoms. The standard InChI is InChI=1S/C15H11NO3S/c17-14-7-9-5-6-10(8-12(9)16-14)20-13-4-2-1-3-11(13)15(18)19/h1-6,8H,7H2,(H,16,17)(H,18,19). The fraction of sp³-hybridized carbons (Fsp3) is 0.0667. The molecule has 1 aliphatic rings. The summed E-state index contributed by atoms with van der Waals surface area (Å²) in [6, 6.07) is 12.6. The summed E-state index contributed by atoms with van der Waals surface area (Å²) in [4.78, 5) is 24.1. The van der Waals surface area contributed by atoms with Crippen LogP contribution in [0.4, 0.5) is 5.69 Å². The van der Waals surface area contributed by atoms with E-state index in [4.69, 9.17) is 5.11 Å². The number of nitrogens with one attached hydrogen (secondary N) is 1. The van der Waals surface area contributed by atoms with Crippen LogP contribution < -0.4 is 5.32 Å². The Morgan fingerprint density at radius 3 is 2.80 bits per heavy atom. The van der Waals surface area contributed by atoms with E-state index in [-0.39, 0.29) is 11.5 Å². The van der Waals surface area contributed by atoms with E-state index >= 15 is 0 Å². The SMILES string of the molecule is O=C1Cc2ccc(Sc3ccccc3C(=O)O)cc2N1. The van der Waals surface area contributed by atoms with Crippen LogP contribution in [0, 0.1) is 0 Å². The highest BCUT2D eigenvalue weighted by atomic mass is 32.2. The van der Waals surface area contributed by atoms with Crippen molar-refractivity contribution in [2.24, 2.45) is 0 Å². The first kappa shape index (κ1) is 12.7. The topological polar surface area (TPSA) is 66.4 Å². The van der Waals surface area contributed by atoms with Crippen molar-refractivity contribution >= 4 is 29.3 Å². The number of anilines is 1. The number of carboxylic acid groups (broad SMARTS) is 1. The predicted molar refractivity (Wildman–Crippen MR) is 76.3 cm³/mol. The van der Waals surface area contributed by atoms with E-state index < -0.39 is 5.97 Å². The van der Waals surface area contributed by atoms with Gasteiger partial charge in [0.05, 0.1) is 12.0 Å². The maximum absolute atomic E-state index is 11.3. The van der Waals surface area contributed by atoms with Gasteiger partial charge in [0.25, 0.3) is 0 Å². The van der Waals surface area contributed by atoms with Gasteiger partial charge in [0.15, 0.2) is 0 Å². The Kier molecular flexibility index (Phi) is 3.20. The Labute approximate surface area is 119 Å². The lowest BCUT2D eigenvalue weighted by molar-refractivity contribution is -0.115. The van der Waals surface area contributed by atoms with E-state index in [1.165, 1.54) is 11.8 Å². The van der Waals surface area contributed by atoms with Gasteiger partial charge in [-0.1, -0.05) is 30.0 Å². The molecule has 0 radical (unpaired) electrons. The van der Waals surface area contributed by atoms with Crippen LogP contribution >= 0.6 is 11.8 Å². The van der Waals surface area contributed by atoms with Crippen LogP contribution in [0.15, 0.2) is 52.3 Å². The average molecular weight is 285 g/mol. The van der Waals surface area contributed by atoms with Crippen molar-refractivity contribution in [1.82, 2.24) is 0 Å². The number of carbonyl (C=O) groups is 2. The summed E-state index contributed by atoms with van der Waals surface area (Å²) in [7, 11) is 0. The summed E-state index contributed by atoms with van der Waals surface area (Å²) in [6.07, 6.45) is 0.409. The normalized spacial score (nSPS) is 12.9. The highest BCUT2D eigenvalue weighted by Gasteiger charge is 2.18. The van der Waals surface area contributed by atoms with Crippen LogP contribution in [0.25, 0.3) is 0 Å². The highest BCUT2D eigenvalue weighted by molar-refractivity contribution is 7.99. The third kappa shape index (κ3) is 2.40. The van der Waals surface area contributed by atoms with Crippen LogP contribution in [0.5, 0.6) is 0 Å². The minimum atomic E-state index is -0.942. The van der Waals surface area contributed by atoms with Crippen molar-refractivity contribution in [3.05, 3.63) is 53.6 Å². The molecule has 0 fully saturated rings. The number of carbonyl (C=O) groups excluding carboxylic acids is 1. The lowest BCUT2D eigenvalue weighted by Gasteiger charge is -2.07. The molecule has 0 saturated carbocycles. The molecule has 0 aromatic heterocycles. The molecule has 5 heteroatoms. The van der Waals surface area contributed by atoms with E-state index in [2.05, 4.69) is 5.32 Å². The smallest absolute Gasteiger partial charge is 0.336 e. The summed E-state index contributed by atoms with van der Waals surface area (Å²) < 4.78 is 0. The number of hydrogen-bond acceptors (Lipinski definition) is 3. The lowest BCUT2D eigenvalue weighted by Crippen LogP contribution is -2.03. The summed E-state index contributed by atoms with van der Waals surface area (Å²) in [5.74, 6) is -0.948. The molecule has 0 atom stereocenters. The van der Waals surface area contributed by atoms with Crippen LogP contribution in [0.2, 0.25) is 0 Å². The van der Waals surface area contributed by atoms with Gasteiger partial charge < -0.3 is 10.4 Å². The minimum absolute atomic E-state index is 0.00640. The lowest BCUT2D eigenvalue weighted by atomic mass is 10.2. The zero-order valence-corrected chi connectivity index (χ0v) is 11.2. The number of carboxylic acids is 1. The Morgan fingerprint density at radius 2 is 2.00 bits per heavy atom. The molecular weight excluding hydrogens is 274 g/mol. The van der Waals surface area contributed by atoms with Gasteiger partial charge in [-0.25, -0.2) is 4.79 Å². The van der Waals surface area contributed by atoms with Gasteiger partial charge in [0.2, 0.25) is 5.91 Å². The second-order valence-electron chi connectivity index (χ2n) is 4.45. The van der Waals surface area contributed by atoms with Crippen LogP contribution in [-0.2, 0) is 11.2 Å². The van der Waals surface area contributed by atoms with Gasteiger partial charge >= 0.3 is 5.97 Å². The zero-order valence-electron chi connectivity index (χ0n) is 10.4. The molecule has 2 aromatic carbocycles. The van der Waals surface area contributed by atoms with E-state index in [1.54, 1.807) is 18.2 Å². The molecule has 0 aliphatic carbocycles. The molecule has 1 aliphatic heterocycles. The molecule has 0 spiro atoms. The number of benzene rings is 2. The molecule has 0 saturated heterocycles. The Morgan fingerprint density at radius 1 is 1.20 bits per heavy atom. The second kappa shape index (κ2) is 5.02. The number of rotatable bonds is 3. The third-order valence-corrected chi connectivity index (χ3v) is 4.12. The maximum atomic E-state index is 11.3. The fourth-order valence-electron chi connectivity index (χ4n) is 2.12. The van der Waals surface area contributed by atoms with Gasteiger partial charge in [-0.3, -0.25) is 4.79 Å². The van der Waals surface area contributed by atoms with Gasteiger partial charge in [0.1, 0.15) is 0 Å². The number of amides is 1. The minimum Gasteiger partial charge on any atom is -0.478 e. The molecule has 2 aromatic rings. The van der Waals surface area contributed by atoms with Crippen LogP contribution in [0.1, 0.15) is 15.9 Å². The molecular formula is C15H11NO3S. The zero-order chi connectivity index (χ0) is 14.1.